The second kappa shape index (κ2) is 11.4. The van der Waals surface area contributed by atoms with Crippen LogP contribution in [-0.2, 0) is 22.4 Å². The number of rotatable bonds is 10. The van der Waals surface area contributed by atoms with Crippen LogP contribution < -0.4 is 15.4 Å². The van der Waals surface area contributed by atoms with Crippen LogP contribution in [0.3, 0.4) is 0 Å². The normalized spacial score (nSPS) is 12.6. The van der Waals surface area contributed by atoms with Crippen molar-refractivity contribution in [1.82, 2.24) is 10.6 Å². The number of methoxy groups -OCH3 is 1. The molecule has 0 spiro atoms. The molecule has 7 nitrogen and oxygen atoms in total. The van der Waals surface area contributed by atoms with Gasteiger partial charge in [-0.25, -0.2) is 0 Å². The molecule has 0 aliphatic rings. The van der Waals surface area contributed by atoms with Gasteiger partial charge in [-0.3, -0.25) is 9.59 Å². The highest BCUT2D eigenvalue weighted by Gasteiger charge is 2.29. The number of nitrogens with one attached hydrogen (secondary N) is 2. The number of carbonyl (C=O) groups excluding carboxylic acids is 2. The lowest BCUT2D eigenvalue weighted by atomic mass is 9.75. The molecule has 2 rings (SSSR count). The summed E-state index contributed by atoms with van der Waals surface area (Å²) in [5.74, 6) is -2.11. The van der Waals surface area contributed by atoms with Crippen molar-refractivity contribution in [3.05, 3.63) is 65.2 Å². The highest BCUT2D eigenvalue weighted by Crippen LogP contribution is 2.12. The van der Waals surface area contributed by atoms with Crippen molar-refractivity contribution in [1.29, 1.82) is 0 Å². The van der Waals surface area contributed by atoms with E-state index in [1.54, 1.807) is 7.11 Å². The van der Waals surface area contributed by atoms with Gasteiger partial charge in [-0.05, 0) is 49.9 Å². The molecule has 0 radical (unpaired) electrons. The molecule has 0 fully saturated rings. The van der Waals surface area contributed by atoms with Gasteiger partial charge in [0.25, 0.3) is 0 Å². The summed E-state index contributed by atoms with van der Waals surface area (Å²) in [5.41, 5.74) is 2.95. The van der Waals surface area contributed by atoms with E-state index in [4.69, 9.17) is 4.74 Å². The zero-order valence-corrected chi connectivity index (χ0v) is 17.6. The molecule has 30 heavy (non-hydrogen) atoms. The van der Waals surface area contributed by atoms with Crippen LogP contribution in [-0.4, -0.2) is 48.6 Å². The lowest BCUT2D eigenvalue weighted by molar-refractivity contribution is -0.134. The molecule has 2 amide bonds. The van der Waals surface area contributed by atoms with Gasteiger partial charge in [0.2, 0.25) is 11.8 Å². The largest absolute Gasteiger partial charge is 0.497 e. The Morgan fingerprint density at radius 1 is 1.07 bits per heavy atom. The Morgan fingerprint density at radius 2 is 1.77 bits per heavy atom. The van der Waals surface area contributed by atoms with Gasteiger partial charge in [0, 0.05) is 6.54 Å². The highest BCUT2D eigenvalue weighted by molar-refractivity contribution is 6.43. The second-order valence-corrected chi connectivity index (χ2v) is 7.33. The van der Waals surface area contributed by atoms with E-state index in [-0.39, 0.29) is 6.42 Å². The molecule has 2 aromatic carbocycles. The van der Waals surface area contributed by atoms with Crippen molar-refractivity contribution < 1.29 is 24.4 Å². The summed E-state index contributed by atoms with van der Waals surface area (Å²) in [7, 11) is -0.144. The van der Waals surface area contributed by atoms with Gasteiger partial charge in [-0.15, -0.1) is 0 Å². The van der Waals surface area contributed by atoms with Crippen LogP contribution in [0.15, 0.2) is 48.5 Å². The first kappa shape index (κ1) is 23.4. The van der Waals surface area contributed by atoms with Crippen molar-refractivity contribution in [2.75, 3.05) is 13.7 Å². The van der Waals surface area contributed by atoms with Crippen molar-refractivity contribution in [3.8, 4) is 5.75 Å². The molecule has 0 saturated carbocycles. The number of amides is 2. The molecular weight excluding hydrogens is 383 g/mol. The Bertz CT molecular complexity index is 842. The number of carbonyl (C=O) groups is 2. The Balaban J connectivity index is 1.85. The van der Waals surface area contributed by atoms with Gasteiger partial charge in [0.1, 0.15) is 11.7 Å². The Morgan fingerprint density at radius 3 is 2.40 bits per heavy atom. The predicted octanol–water partition coefficient (Wildman–Crippen LogP) is 1.04. The maximum absolute atomic E-state index is 12.4. The number of ether oxygens (including phenoxy) is 1. The van der Waals surface area contributed by atoms with Gasteiger partial charge in [-0.1, -0.05) is 42.0 Å². The molecule has 0 bridgehead atoms. The Labute approximate surface area is 177 Å². The van der Waals surface area contributed by atoms with Crippen molar-refractivity contribution in [3.63, 3.8) is 0 Å². The molecular formula is C22H29BN2O5. The molecule has 0 aliphatic carbocycles. The van der Waals surface area contributed by atoms with Gasteiger partial charge in [0.05, 0.1) is 13.1 Å². The summed E-state index contributed by atoms with van der Waals surface area (Å²) in [5, 5.41) is 24.6. The number of benzene rings is 2. The number of hydrogen-bond donors (Lipinski definition) is 4. The second-order valence-electron chi connectivity index (χ2n) is 7.33. The fraction of sp³-hybridized carbons (Fsp3) is 0.364. The third kappa shape index (κ3) is 7.20. The molecule has 1 unspecified atom stereocenters. The molecule has 0 saturated heterocycles. The van der Waals surface area contributed by atoms with E-state index in [1.165, 1.54) is 6.92 Å². The molecule has 4 N–H and O–H groups in total. The van der Waals surface area contributed by atoms with Gasteiger partial charge < -0.3 is 25.4 Å². The SMILES string of the molecule is COc1cccc(CCNC(=O)C(C)C(=O)N[C@@H](Cc2ccc(C)cc2)B(O)O)c1. The summed E-state index contributed by atoms with van der Waals surface area (Å²) in [6.07, 6.45) is 0.844. The van der Waals surface area contributed by atoms with Crippen molar-refractivity contribution >= 4 is 18.9 Å². The van der Waals surface area contributed by atoms with Crippen LogP contribution in [0.1, 0.15) is 23.6 Å². The smallest absolute Gasteiger partial charge is 0.475 e. The van der Waals surface area contributed by atoms with Gasteiger partial charge in [-0.2, -0.15) is 0 Å². The summed E-state index contributed by atoms with van der Waals surface area (Å²) >= 11 is 0. The fourth-order valence-electron chi connectivity index (χ4n) is 2.95. The summed E-state index contributed by atoms with van der Waals surface area (Å²) in [6.45, 7) is 3.82. The van der Waals surface area contributed by atoms with E-state index in [2.05, 4.69) is 10.6 Å². The first-order valence-corrected chi connectivity index (χ1v) is 9.93. The zero-order chi connectivity index (χ0) is 22.1. The average molecular weight is 412 g/mol. The third-order valence-corrected chi connectivity index (χ3v) is 4.90. The first-order chi connectivity index (χ1) is 14.3. The van der Waals surface area contributed by atoms with Gasteiger partial charge in [0.15, 0.2) is 0 Å². The standard InChI is InChI=1S/C22H29BN2O5/c1-15-7-9-18(10-8-15)14-20(23(28)29)25-22(27)16(2)21(26)24-12-11-17-5-4-6-19(13-17)30-3/h4-10,13,16,20,28-29H,11-12,14H2,1-3H3,(H,24,26)(H,25,27)/t16?,20-/m0/s1. The van der Waals surface area contributed by atoms with Crippen molar-refractivity contribution in [2.24, 2.45) is 5.92 Å². The maximum atomic E-state index is 12.4. The monoisotopic (exact) mass is 412 g/mol. The quantitative estimate of drug-likeness (QED) is 0.345. The van der Waals surface area contributed by atoms with E-state index in [9.17, 15) is 19.6 Å². The third-order valence-electron chi connectivity index (χ3n) is 4.90. The Hall–Kier alpha value is -2.84. The van der Waals surface area contributed by atoms with E-state index in [1.807, 2.05) is 55.5 Å². The summed E-state index contributed by atoms with van der Waals surface area (Å²) < 4.78 is 5.18. The molecule has 2 atom stereocenters. The topological polar surface area (TPSA) is 108 Å². The number of aryl methyl sites for hydroxylation is 1. The molecule has 0 aromatic heterocycles. The van der Waals surface area contributed by atoms with Crippen molar-refractivity contribution in [2.45, 2.75) is 32.6 Å². The van der Waals surface area contributed by atoms with Crippen LogP contribution in [0, 0.1) is 12.8 Å². The molecule has 2 aromatic rings. The summed E-state index contributed by atoms with van der Waals surface area (Å²) in [6, 6.07) is 15.1. The number of hydrogen-bond acceptors (Lipinski definition) is 5. The van der Waals surface area contributed by atoms with E-state index in [0.717, 1.165) is 22.4 Å². The minimum absolute atomic E-state index is 0.244. The van der Waals surface area contributed by atoms with Crippen LogP contribution in [0.25, 0.3) is 0 Å². The van der Waals surface area contributed by atoms with E-state index < -0.39 is 30.8 Å². The maximum Gasteiger partial charge on any atom is 0.475 e. The highest BCUT2D eigenvalue weighted by atomic mass is 16.5. The van der Waals surface area contributed by atoms with E-state index in [0.29, 0.717) is 13.0 Å². The van der Waals surface area contributed by atoms with Crippen LogP contribution in [0.5, 0.6) is 5.75 Å². The Kier molecular flexibility index (Phi) is 8.89. The van der Waals surface area contributed by atoms with Crippen LogP contribution >= 0.6 is 0 Å². The minimum atomic E-state index is -1.74. The lowest BCUT2D eigenvalue weighted by Gasteiger charge is -2.20. The molecule has 0 aliphatic heterocycles. The van der Waals surface area contributed by atoms with Crippen LogP contribution in [0.2, 0.25) is 0 Å². The van der Waals surface area contributed by atoms with Crippen LogP contribution in [0.4, 0.5) is 0 Å². The first-order valence-electron chi connectivity index (χ1n) is 9.93. The predicted molar refractivity (Wildman–Crippen MR) is 116 cm³/mol. The molecule has 160 valence electrons. The fourth-order valence-corrected chi connectivity index (χ4v) is 2.95. The zero-order valence-electron chi connectivity index (χ0n) is 17.6. The molecule has 0 heterocycles. The molecule has 8 heteroatoms. The lowest BCUT2D eigenvalue weighted by Crippen LogP contribution is -2.51. The average Bonchev–Trinajstić information content (AvgIpc) is 2.74. The van der Waals surface area contributed by atoms with E-state index >= 15 is 0 Å². The van der Waals surface area contributed by atoms with Gasteiger partial charge >= 0.3 is 7.12 Å². The summed E-state index contributed by atoms with van der Waals surface area (Å²) in [4.78, 5) is 24.8. The minimum Gasteiger partial charge on any atom is -0.497 e.